The summed E-state index contributed by atoms with van der Waals surface area (Å²) in [4.78, 5) is 12.0. The maximum absolute atomic E-state index is 10.9. The standard InChI is InChI=1S/C14H14N2O2S/c1-18-12-9-10(4-7-13(12)19-2)3-5-11-6-8-14(17)16-15-11/h3-9H,1-2H3,(H,16,17)/b5-3+. The van der Waals surface area contributed by atoms with Gasteiger partial charge in [-0.15, -0.1) is 11.8 Å². The SMILES string of the molecule is COc1cc(/C=C/c2ccc(=O)[nH]n2)ccc1SC. The minimum Gasteiger partial charge on any atom is -0.496 e. The van der Waals surface area contributed by atoms with Crippen molar-refractivity contribution in [1.29, 1.82) is 0 Å². The highest BCUT2D eigenvalue weighted by molar-refractivity contribution is 7.98. The maximum Gasteiger partial charge on any atom is 0.264 e. The van der Waals surface area contributed by atoms with Crippen molar-refractivity contribution in [3.05, 3.63) is 51.9 Å². The first kappa shape index (κ1) is 13.4. The number of thioether (sulfide) groups is 1. The van der Waals surface area contributed by atoms with E-state index >= 15 is 0 Å². The second-order valence-corrected chi connectivity index (χ2v) is 4.64. The highest BCUT2D eigenvalue weighted by Crippen LogP contribution is 2.28. The molecule has 0 aliphatic heterocycles. The number of H-pyrrole nitrogens is 1. The molecule has 1 aromatic heterocycles. The number of rotatable bonds is 4. The van der Waals surface area contributed by atoms with Crippen molar-refractivity contribution in [3.63, 3.8) is 0 Å². The lowest BCUT2D eigenvalue weighted by molar-refractivity contribution is 0.405. The Balaban J connectivity index is 2.23. The van der Waals surface area contributed by atoms with Gasteiger partial charge in [-0.3, -0.25) is 4.79 Å². The smallest absolute Gasteiger partial charge is 0.264 e. The molecule has 19 heavy (non-hydrogen) atoms. The molecule has 98 valence electrons. The molecule has 1 aromatic carbocycles. The van der Waals surface area contributed by atoms with E-state index < -0.39 is 0 Å². The van der Waals surface area contributed by atoms with Crippen molar-refractivity contribution in [2.45, 2.75) is 4.90 Å². The molecule has 5 heteroatoms. The van der Waals surface area contributed by atoms with Crippen LogP contribution in [0.5, 0.6) is 5.75 Å². The zero-order chi connectivity index (χ0) is 13.7. The van der Waals surface area contributed by atoms with Crippen LogP contribution < -0.4 is 10.3 Å². The molecule has 1 N–H and O–H groups in total. The van der Waals surface area contributed by atoms with Crippen LogP contribution >= 0.6 is 11.8 Å². The van der Waals surface area contributed by atoms with Crippen LogP contribution in [0.2, 0.25) is 0 Å². The van der Waals surface area contributed by atoms with E-state index in [1.165, 1.54) is 6.07 Å². The fourth-order valence-corrected chi connectivity index (χ4v) is 2.13. The Kier molecular flexibility index (Phi) is 4.41. The van der Waals surface area contributed by atoms with Gasteiger partial charge in [0.1, 0.15) is 5.75 Å². The summed E-state index contributed by atoms with van der Waals surface area (Å²) in [5.41, 5.74) is 1.51. The van der Waals surface area contributed by atoms with Crippen LogP contribution in [0, 0.1) is 0 Å². The Bertz CT molecular complexity index is 630. The highest BCUT2D eigenvalue weighted by atomic mass is 32.2. The van der Waals surface area contributed by atoms with E-state index in [-0.39, 0.29) is 5.56 Å². The summed E-state index contributed by atoms with van der Waals surface area (Å²) < 4.78 is 5.33. The Morgan fingerprint density at radius 1 is 1.26 bits per heavy atom. The predicted octanol–water partition coefficient (Wildman–Crippen LogP) is 2.67. The first-order chi connectivity index (χ1) is 9.22. The molecule has 0 bridgehead atoms. The van der Waals surface area contributed by atoms with Crippen LogP contribution in [-0.2, 0) is 0 Å². The van der Waals surface area contributed by atoms with Crippen LogP contribution in [0.25, 0.3) is 12.2 Å². The van der Waals surface area contributed by atoms with Crippen molar-refractivity contribution >= 4 is 23.9 Å². The summed E-state index contributed by atoms with van der Waals surface area (Å²) in [7, 11) is 1.66. The number of hydrogen-bond donors (Lipinski definition) is 1. The number of methoxy groups -OCH3 is 1. The fourth-order valence-electron chi connectivity index (χ4n) is 1.59. The van der Waals surface area contributed by atoms with Gasteiger partial charge >= 0.3 is 0 Å². The number of aromatic amines is 1. The van der Waals surface area contributed by atoms with E-state index in [1.807, 2.05) is 36.6 Å². The minimum atomic E-state index is -0.205. The predicted molar refractivity (Wildman–Crippen MR) is 78.6 cm³/mol. The van der Waals surface area contributed by atoms with E-state index in [1.54, 1.807) is 24.9 Å². The van der Waals surface area contributed by atoms with Crippen LogP contribution in [0.1, 0.15) is 11.3 Å². The zero-order valence-electron chi connectivity index (χ0n) is 10.7. The number of nitrogens with zero attached hydrogens (tertiary/aromatic N) is 1. The zero-order valence-corrected chi connectivity index (χ0v) is 11.5. The van der Waals surface area contributed by atoms with Crippen molar-refractivity contribution < 1.29 is 4.74 Å². The van der Waals surface area contributed by atoms with Crippen LogP contribution in [-0.4, -0.2) is 23.6 Å². The van der Waals surface area contributed by atoms with Gasteiger partial charge in [0.15, 0.2) is 0 Å². The fraction of sp³-hybridized carbons (Fsp3) is 0.143. The molecular weight excluding hydrogens is 260 g/mol. The molecule has 0 fully saturated rings. The number of ether oxygens (including phenoxy) is 1. The van der Waals surface area contributed by atoms with Crippen LogP contribution in [0.15, 0.2) is 40.0 Å². The Morgan fingerprint density at radius 3 is 2.74 bits per heavy atom. The normalized spacial score (nSPS) is 10.8. The third-order valence-electron chi connectivity index (χ3n) is 2.55. The van der Waals surface area contributed by atoms with Gasteiger partial charge in [0.2, 0.25) is 0 Å². The van der Waals surface area contributed by atoms with E-state index in [4.69, 9.17) is 4.74 Å². The van der Waals surface area contributed by atoms with E-state index in [0.717, 1.165) is 16.2 Å². The van der Waals surface area contributed by atoms with Gasteiger partial charge in [0, 0.05) is 11.0 Å². The quantitative estimate of drug-likeness (QED) is 0.871. The van der Waals surface area contributed by atoms with E-state index in [9.17, 15) is 4.79 Å². The molecule has 0 atom stereocenters. The van der Waals surface area contributed by atoms with Gasteiger partial charge in [-0.2, -0.15) is 5.10 Å². The molecule has 0 aliphatic carbocycles. The molecule has 0 spiro atoms. The lowest BCUT2D eigenvalue weighted by Crippen LogP contribution is -2.05. The van der Waals surface area contributed by atoms with Crippen LogP contribution in [0.3, 0.4) is 0 Å². The molecule has 0 saturated carbocycles. The number of nitrogens with one attached hydrogen (secondary N) is 1. The first-order valence-electron chi connectivity index (χ1n) is 5.69. The summed E-state index contributed by atoms with van der Waals surface area (Å²) in [6.45, 7) is 0. The van der Waals surface area contributed by atoms with Gasteiger partial charge in [-0.25, -0.2) is 5.10 Å². The molecule has 0 amide bonds. The average molecular weight is 274 g/mol. The summed E-state index contributed by atoms with van der Waals surface area (Å²) in [6, 6.07) is 9.11. The minimum absolute atomic E-state index is 0.205. The molecule has 0 saturated heterocycles. The summed E-state index contributed by atoms with van der Waals surface area (Å²) in [5.74, 6) is 0.851. The third kappa shape index (κ3) is 3.48. The molecule has 0 aliphatic rings. The van der Waals surface area contributed by atoms with Gasteiger partial charge in [-0.1, -0.05) is 12.1 Å². The van der Waals surface area contributed by atoms with Gasteiger partial charge in [0.05, 0.1) is 12.8 Å². The summed E-state index contributed by atoms with van der Waals surface area (Å²) in [6.07, 6.45) is 5.77. The Labute approximate surface area is 115 Å². The average Bonchev–Trinajstić information content (AvgIpc) is 2.46. The van der Waals surface area contributed by atoms with Crippen molar-refractivity contribution in [3.8, 4) is 5.75 Å². The lowest BCUT2D eigenvalue weighted by Gasteiger charge is -2.06. The Hall–Kier alpha value is -2.01. The van der Waals surface area contributed by atoms with E-state index in [2.05, 4.69) is 10.2 Å². The molecule has 2 aromatic rings. The summed E-state index contributed by atoms with van der Waals surface area (Å²) in [5, 5.41) is 6.30. The second kappa shape index (κ2) is 6.24. The number of hydrogen-bond acceptors (Lipinski definition) is 4. The molecule has 2 rings (SSSR count). The first-order valence-corrected chi connectivity index (χ1v) is 6.91. The molecule has 4 nitrogen and oxygen atoms in total. The van der Waals surface area contributed by atoms with E-state index in [0.29, 0.717) is 5.69 Å². The van der Waals surface area contributed by atoms with Gasteiger partial charge in [-0.05, 0) is 36.1 Å². The molecule has 0 radical (unpaired) electrons. The highest BCUT2D eigenvalue weighted by Gasteiger charge is 2.01. The molecule has 1 heterocycles. The number of aromatic nitrogens is 2. The summed E-state index contributed by atoms with van der Waals surface area (Å²) >= 11 is 1.64. The van der Waals surface area contributed by atoms with Crippen molar-refractivity contribution in [1.82, 2.24) is 10.2 Å². The lowest BCUT2D eigenvalue weighted by atomic mass is 10.2. The van der Waals surface area contributed by atoms with Crippen LogP contribution in [0.4, 0.5) is 0 Å². The third-order valence-corrected chi connectivity index (χ3v) is 3.33. The Morgan fingerprint density at radius 2 is 2.11 bits per heavy atom. The number of benzene rings is 1. The molecular formula is C14H14N2O2S. The monoisotopic (exact) mass is 274 g/mol. The largest absolute Gasteiger partial charge is 0.496 e. The second-order valence-electron chi connectivity index (χ2n) is 3.79. The van der Waals surface area contributed by atoms with Crippen molar-refractivity contribution in [2.24, 2.45) is 0 Å². The van der Waals surface area contributed by atoms with Crippen molar-refractivity contribution in [2.75, 3.05) is 13.4 Å². The maximum atomic E-state index is 10.9. The van der Waals surface area contributed by atoms with Gasteiger partial charge in [0.25, 0.3) is 5.56 Å². The molecule has 0 unspecified atom stereocenters. The topological polar surface area (TPSA) is 55.0 Å². The van der Waals surface area contributed by atoms with Gasteiger partial charge < -0.3 is 4.74 Å².